The molecule has 0 rings (SSSR count). The van der Waals surface area contributed by atoms with Crippen LogP contribution in [0.15, 0.2) is 0 Å². The lowest BCUT2D eigenvalue weighted by Crippen LogP contribution is -2.41. The molecule has 0 spiro atoms. The van der Waals surface area contributed by atoms with Gasteiger partial charge in [-0.1, -0.05) is 85.0 Å². The van der Waals surface area contributed by atoms with Crippen LogP contribution in [-0.2, 0) is 13.3 Å². The lowest BCUT2D eigenvalue weighted by atomic mass is 10.1. The van der Waals surface area contributed by atoms with Crippen LogP contribution in [0.3, 0.4) is 0 Å². The third-order valence-electron chi connectivity index (χ3n) is 4.78. The van der Waals surface area contributed by atoms with Gasteiger partial charge in [0, 0.05) is 27.4 Å². The molecule has 0 fully saturated rings. The van der Waals surface area contributed by atoms with Crippen molar-refractivity contribution in [1.29, 1.82) is 0 Å². The highest BCUT2D eigenvalue weighted by Gasteiger charge is 2.34. The largest absolute Gasteiger partial charge is 0.499 e. The Kier molecular flexibility index (Phi) is 25.1. The van der Waals surface area contributed by atoms with Crippen molar-refractivity contribution in [2.45, 2.75) is 104 Å². The first-order chi connectivity index (χ1) is 12.7. The molecule has 0 atom stereocenters. The first-order valence-corrected chi connectivity index (χ1v) is 13.0. The fraction of sp³-hybridized carbons (Fsp3) is 1.00. The van der Waals surface area contributed by atoms with Crippen molar-refractivity contribution < 1.29 is 13.3 Å². The zero-order valence-electron chi connectivity index (χ0n) is 18.8. The highest BCUT2D eigenvalue weighted by atomic mass is 28.4. The molecule has 4 nitrogen and oxygen atoms in total. The van der Waals surface area contributed by atoms with Crippen molar-refractivity contribution in [2.24, 2.45) is 0 Å². The molecule has 0 unspecified atom stereocenters. The summed E-state index contributed by atoms with van der Waals surface area (Å²) in [5, 5.41) is 3.57. The molecule has 0 saturated carbocycles. The van der Waals surface area contributed by atoms with Crippen molar-refractivity contribution in [3.05, 3.63) is 0 Å². The Morgan fingerprint density at radius 3 is 1.15 bits per heavy atom. The van der Waals surface area contributed by atoms with Gasteiger partial charge in [-0.25, -0.2) is 0 Å². The van der Waals surface area contributed by atoms with E-state index in [1.807, 2.05) is 6.92 Å². The molecule has 0 aromatic rings. The van der Waals surface area contributed by atoms with E-state index in [1.165, 1.54) is 90.1 Å². The Bertz CT molecular complexity index is 220. The van der Waals surface area contributed by atoms with E-state index in [0.29, 0.717) is 0 Å². The van der Waals surface area contributed by atoms with E-state index < -0.39 is 8.80 Å². The summed E-state index contributed by atoms with van der Waals surface area (Å²) in [6.45, 7) is 9.02. The van der Waals surface area contributed by atoms with Gasteiger partial charge in [0.1, 0.15) is 0 Å². The monoisotopic (exact) mass is 391 g/mol. The van der Waals surface area contributed by atoms with Crippen LogP contribution in [0.5, 0.6) is 0 Å². The molecule has 1 N–H and O–H groups in total. The molecule has 0 aliphatic heterocycles. The SMILES string of the molecule is CCCCCCCCNCCCCCCCC.CC[Si](OC)(OC)OC. The van der Waals surface area contributed by atoms with Crippen LogP contribution in [0.1, 0.15) is 97.8 Å². The average molecular weight is 392 g/mol. The zero-order chi connectivity index (χ0) is 19.9. The van der Waals surface area contributed by atoms with Gasteiger partial charge in [0.15, 0.2) is 0 Å². The van der Waals surface area contributed by atoms with E-state index in [2.05, 4.69) is 19.2 Å². The van der Waals surface area contributed by atoms with Gasteiger partial charge in [-0.3, -0.25) is 0 Å². The average Bonchev–Trinajstić information content (AvgIpc) is 2.68. The van der Waals surface area contributed by atoms with Crippen LogP contribution >= 0.6 is 0 Å². The second-order valence-corrected chi connectivity index (χ2v) is 10.2. The Balaban J connectivity index is 0. The summed E-state index contributed by atoms with van der Waals surface area (Å²) in [6.07, 6.45) is 16.9. The fourth-order valence-corrected chi connectivity index (χ4v) is 4.23. The number of hydrogen-bond donors (Lipinski definition) is 1. The Morgan fingerprint density at radius 2 is 0.885 bits per heavy atom. The predicted octanol–water partition coefficient (Wildman–Crippen LogP) is 6.18. The minimum absolute atomic E-state index is 0.816. The van der Waals surface area contributed by atoms with E-state index in [0.717, 1.165) is 6.04 Å². The maximum atomic E-state index is 5.08. The van der Waals surface area contributed by atoms with Crippen molar-refractivity contribution in [2.75, 3.05) is 34.4 Å². The van der Waals surface area contributed by atoms with Crippen LogP contribution in [0, 0.1) is 0 Å². The molecule has 0 aliphatic rings. The summed E-state index contributed by atoms with van der Waals surface area (Å²) in [4.78, 5) is 0. The summed E-state index contributed by atoms with van der Waals surface area (Å²) in [5.41, 5.74) is 0. The topological polar surface area (TPSA) is 39.7 Å². The van der Waals surface area contributed by atoms with Crippen molar-refractivity contribution in [1.82, 2.24) is 5.32 Å². The normalized spacial score (nSPS) is 11.3. The fourth-order valence-electron chi connectivity index (χ4n) is 2.87. The molecule has 26 heavy (non-hydrogen) atoms. The van der Waals surface area contributed by atoms with E-state index >= 15 is 0 Å². The quantitative estimate of drug-likeness (QED) is 0.224. The molecule has 0 radical (unpaired) electrons. The molecular formula is C21H49NO3Si. The van der Waals surface area contributed by atoms with Crippen molar-refractivity contribution in [3.63, 3.8) is 0 Å². The lowest BCUT2D eigenvalue weighted by Gasteiger charge is -2.22. The molecule has 0 saturated heterocycles. The highest BCUT2D eigenvalue weighted by molar-refractivity contribution is 6.60. The van der Waals surface area contributed by atoms with Crippen LogP contribution in [0.25, 0.3) is 0 Å². The maximum absolute atomic E-state index is 5.08. The molecule has 0 heterocycles. The molecule has 0 aromatic carbocycles. The van der Waals surface area contributed by atoms with Gasteiger partial charge >= 0.3 is 8.80 Å². The van der Waals surface area contributed by atoms with Crippen LogP contribution in [-0.4, -0.2) is 43.2 Å². The van der Waals surface area contributed by atoms with Crippen LogP contribution < -0.4 is 5.32 Å². The maximum Gasteiger partial charge on any atom is 0.499 e. The summed E-state index contributed by atoms with van der Waals surface area (Å²) >= 11 is 0. The van der Waals surface area contributed by atoms with E-state index in [-0.39, 0.29) is 0 Å². The minimum atomic E-state index is -2.19. The van der Waals surface area contributed by atoms with Gasteiger partial charge in [0.2, 0.25) is 0 Å². The van der Waals surface area contributed by atoms with Gasteiger partial charge < -0.3 is 18.6 Å². The molecule has 0 aliphatic carbocycles. The third kappa shape index (κ3) is 18.8. The molecule has 160 valence electrons. The van der Waals surface area contributed by atoms with E-state index in [9.17, 15) is 0 Å². The van der Waals surface area contributed by atoms with E-state index in [1.54, 1.807) is 21.3 Å². The van der Waals surface area contributed by atoms with E-state index in [4.69, 9.17) is 13.3 Å². The smallest absolute Gasteiger partial charge is 0.377 e. The first kappa shape index (κ1) is 28.3. The lowest BCUT2D eigenvalue weighted by molar-refractivity contribution is 0.125. The van der Waals surface area contributed by atoms with Crippen LogP contribution in [0.4, 0.5) is 0 Å². The predicted molar refractivity (Wildman–Crippen MR) is 117 cm³/mol. The highest BCUT2D eigenvalue weighted by Crippen LogP contribution is 2.10. The zero-order valence-corrected chi connectivity index (χ0v) is 19.8. The first-order valence-electron chi connectivity index (χ1n) is 11.0. The minimum Gasteiger partial charge on any atom is -0.377 e. The summed E-state index contributed by atoms with van der Waals surface area (Å²) in [6, 6.07) is 0.816. The number of hydrogen-bond acceptors (Lipinski definition) is 4. The third-order valence-corrected chi connectivity index (χ3v) is 7.51. The van der Waals surface area contributed by atoms with Gasteiger partial charge in [-0.2, -0.15) is 0 Å². The Hall–Kier alpha value is 0.0569. The van der Waals surface area contributed by atoms with Crippen molar-refractivity contribution >= 4 is 8.80 Å². The molecular weight excluding hydrogens is 342 g/mol. The molecule has 0 aromatic heterocycles. The summed E-state index contributed by atoms with van der Waals surface area (Å²) < 4.78 is 15.2. The second kappa shape index (κ2) is 23.1. The second-order valence-electron chi connectivity index (χ2n) is 6.93. The van der Waals surface area contributed by atoms with Crippen molar-refractivity contribution in [3.8, 4) is 0 Å². The molecule has 5 heteroatoms. The number of rotatable bonds is 18. The molecule has 0 amide bonds. The number of unbranched alkanes of at least 4 members (excludes halogenated alkanes) is 10. The summed E-state index contributed by atoms with van der Waals surface area (Å²) in [7, 11) is 2.65. The van der Waals surface area contributed by atoms with Crippen LogP contribution in [0.2, 0.25) is 6.04 Å². The van der Waals surface area contributed by atoms with Gasteiger partial charge in [0.05, 0.1) is 0 Å². The standard InChI is InChI=1S/C16H35N.C5H14O3Si/c1-3-5-7-9-11-13-15-17-16-14-12-10-8-6-4-2;1-5-9(6-2,7-3)8-4/h17H,3-16H2,1-2H3;5H2,1-4H3. The van der Waals surface area contributed by atoms with Gasteiger partial charge in [-0.15, -0.1) is 0 Å². The Morgan fingerprint density at radius 1 is 0.538 bits per heavy atom. The van der Waals surface area contributed by atoms with Gasteiger partial charge in [0.25, 0.3) is 0 Å². The Labute approximate surface area is 166 Å². The number of nitrogens with one attached hydrogen (secondary N) is 1. The molecule has 0 bridgehead atoms. The van der Waals surface area contributed by atoms with Gasteiger partial charge in [-0.05, 0) is 25.9 Å². The summed E-state index contributed by atoms with van der Waals surface area (Å²) in [5.74, 6) is 0.